The van der Waals surface area contributed by atoms with Gasteiger partial charge in [0, 0.05) is 15.6 Å². The summed E-state index contributed by atoms with van der Waals surface area (Å²) in [7, 11) is 0. The van der Waals surface area contributed by atoms with Gasteiger partial charge < -0.3 is 10.0 Å². The molecule has 1 aliphatic heterocycles. The Kier molecular flexibility index (Phi) is 4.60. The number of nitrogens with zero attached hydrogens (tertiary/aromatic N) is 1. The number of hydrogen-bond donors (Lipinski definition) is 1. The number of rotatable bonds is 3. The van der Waals surface area contributed by atoms with Gasteiger partial charge in [-0.05, 0) is 42.2 Å². The number of Topliss-reactive ketones (excluding diaryl/α,β-unsaturated/α-hetero) is 1. The van der Waals surface area contributed by atoms with E-state index in [-0.39, 0.29) is 5.78 Å². The van der Waals surface area contributed by atoms with Crippen LogP contribution < -0.4 is 4.90 Å². The van der Waals surface area contributed by atoms with Gasteiger partial charge >= 0.3 is 0 Å². The lowest BCUT2D eigenvalue weighted by atomic mass is 9.71. The van der Waals surface area contributed by atoms with Crippen molar-refractivity contribution in [2.45, 2.75) is 25.0 Å². The number of carbonyl (C=O) groups is 2. The Morgan fingerprint density at radius 2 is 1.73 bits per heavy atom. The average Bonchev–Trinajstić information content (AvgIpc) is 2.97. The van der Waals surface area contributed by atoms with Gasteiger partial charge in [-0.25, -0.2) is 0 Å². The van der Waals surface area contributed by atoms with Crippen LogP contribution in [0.15, 0.2) is 77.3 Å². The molecule has 0 aromatic heterocycles. The van der Waals surface area contributed by atoms with Crippen molar-refractivity contribution in [1.82, 2.24) is 0 Å². The summed E-state index contributed by atoms with van der Waals surface area (Å²) in [4.78, 5) is 28.6. The Morgan fingerprint density at radius 1 is 1.00 bits per heavy atom. The lowest BCUT2D eigenvalue weighted by Crippen LogP contribution is -2.49. The monoisotopic (exact) mass is 461 g/mol. The molecule has 0 radical (unpaired) electrons. The standard InChI is InChI=1S/C25H20BrNO3/c26-18-11-13-22-21(14-18)25(30,24(29)27(22)15-16-6-2-1-3-7-16)20-12-10-17-8-4-5-9-19(17)23(20)28/h1-9,11,13-14,20,30H,10,12,15H2/t20-,25+/m1/s1. The Bertz CT molecular complexity index is 1160. The van der Waals surface area contributed by atoms with E-state index in [1.807, 2.05) is 60.7 Å². The van der Waals surface area contributed by atoms with E-state index >= 15 is 0 Å². The van der Waals surface area contributed by atoms with Crippen LogP contribution in [0.3, 0.4) is 0 Å². The van der Waals surface area contributed by atoms with Gasteiger partial charge in [0.2, 0.25) is 0 Å². The Hall–Kier alpha value is -2.76. The van der Waals surface area contributed by atoms with Crippen LogP contribution in [-0.2, 0) is 23.4 Å². The van der Waals surface area contributed by atoms with Gasteiger partial charge in [-0.1, -0.05) is 70.5 Å². The van der Waals surface area contributed by atoms with Crippen molar-refractivity contribution in [3.8, 4) is 0 Å². The van der Waals surface area contributed by atoms with Gasteiger partial charge in [0.1, 0.15) is 0 Å². The summed E-state index contributed by atoms with van der Waals surface area (Å²) >= 11 is 3.46. The lowest BCUT2D eigenvalue weighted by Gasteiger charge is -2.34. The average molecular weight is 462 g/mol. The fourth-order valence-corrected chi connectivity index (χ4v) is 5.10. The third kappa shape index (κ3) is 2.84. The molecule has 4 nitrogen and oxygen atoms in total. The second-order valence-corrected chi connectivity index (χ2v) is 8.83. The fourth-order valence-electron chi connectivity index (χ4n) is 4.73. The third-order valence-corrected chi connectivity index (χ3v) is 6.71. The van der Waals surface area contributed by atoms with Gasteiger partial charge in [0.25, 0.3) is 5.91 Å². The van der Waals surface area contributed by atoms with E-state index < -0.39 is 17.4 Å². The number of aliphatic hydroxyl groups is 1. The minimum Gasteiger partial charge on any atom is -0.375 e. The van der Waals surface area contributed by atoms with Crippen molar-refractivity contribution in [3.63, 3.8) is 0 Å². The molecule has 2 atom stereocenters. The molecule has 0 spiro atoms. The molecular weight excluding hydrogens is 442 g/mol. The second-order valence-electron chi connectivity index (χ2n) is 7.92. The van der Waals surface area contributed by atoms with E-state index in [1.54, 1.807) is 17.0 Å². The number of hydrogen-bond acceptors (Lipinski definition) is 3. The summed E-state index contributed by atoms with van der Waals surface area (Å²) in [6.45, 7) is 0.341. The van der Waals surface area contributed by atoms with Crippen LogP contribution in [0, 0.1) is 5.92 Å². The summed E-state index contributed by atoms with van der Waals surface area (Å²) in [6.07, 6.45) is 1.09. The number of carbonyl (C=O) groups excluding carboxylic acids is 2. The van der Waals surface area contributed by atoms with E-state index in [9.17, 15) is 14.7 Å². The number of benzene rings is 3. The highest BCUT2D eigenvalue weighted by atomic mass is 79.9. The normalized spacial score (nSPS) is 22.7. The SMILES string of the molecule is O=C1c2ccccc2CC[C@H]1[C@@]1(O)C(=O)N(Cc2ccccc2)c2ccc(Br)cc21. The van der Waals surface area contributed by atoms with Crippen molar-refractivity contribution in [1.29, 1.82) is 0 Å². The van der Waals surface area contributed by atoms with Crippen LogP contribution in [0.1, 0.15) is 33.5 Å². The molecule has 150 valence electrons. The van der Waals surface area contributed by atoms with Crippen LogP contribution in [-0.4, -0.2) is 16.8 Å². The highest BCUT2D eigenvalue weighted by Gasteiger charge is 2.57. The Balaban J connectivity index is 1.61. The molecule has 5 heteroatoms. The molecule has 1 heterocycles. The first-order valence-electron chi connectivity index (χ1n) is 10.0. The maximum atomic E-state index is 13.7. The predicted octanol–water partition coefficient (Wildman–Crippen LogP) is 4.63. The minimum atomic E-state index is -1.88. The van der Waals surface area contributed by atoms with Gasteiger partial charge in [0.05, 0.1) is 18.2 Å². The lowest BCUT2D eigenvalue weighted by molar-refractivity contribution is -0.140. The zero-order valence-corrected chi connectivity index (χ0v) is 17.8. The van der Waals surface area contributed by atoms with Crippen molar-refractivity contribution in [3.05, 3.63) is 99.5 Å². The molecule has 1 amide bonds. The van der Waals surface area contributed by atoms with E-state index in [0.717, 1.165) is 15.6 Å². The van der Waals surface area contributed by atoms with Crippen LogP contribution in [0.4, 0.5) is 5.69 Å². The summed E-state index contributed by atoms with van der Waals surface area (Å²) in [5.74, 6) is -1.41. The predicted molar refractivity (Wildman–Crippen MR) is 118 cm³/mol. The molecule has 0 fully saturated rings. The second kappa shape index (κ2) is 7.18. The zero-order valence-electron chi connectivity index (χ0n) is 16.2. The van der Waals surface area contributed by atoms with Crippen molar-refractivity contribution >= 4 is 33.3 Å². The highest BCUT2D eigenvalue weighted by Crippen LogP contribution is 2.49. The molecule has 30 heavy (non-hydrogen) atoms. The molecular formula is C25H20BrNO3. The Morgan fingerprint density at radius 3 is 2.53 bits per heavy atom. The highest BCUT2D eigenvalue weighted by molar-refractivity contribution is 9.10. The molecule has 3 aromatic rings. The smallest absolute Gasteiger partial charge is 0.264 e. The van der Waals surface area contributed by atoms with E-state index in [4.69, 9.17) is 0 Å². The van der Waals surface area contributed by atoms with E-state index in [2.05, 4.69) is 15.9 Å². The molecule has 5 rings (SSSR count). The summed E-state index contributed by atoms with van der Waals surface area (Å²) in [5, 5.41) is 11.9. The Labute approximate surface area is 183 Å². The van der Waals surface area contributed by atoms with Crippen molar-refractivity contribution in [2.75, 3.05) is 4.90 Å². The van der Waals surface area contributed by atoms with E-state index in [0.29, 0.717) is 36.2 Å². The first-order valence-corrected chi connectivity index (χ1v) is 10.8. The van der Waals surface area contributed by atoms with Crippen molar-refractivity contribution < 1.29 is 14.7 Å². The molecule has 0 unspecified atom stereocenters. The molecule has 1 aliphatic carbocycles. The fraction of sp³-hybridized carbons (Fsp3) is 0.200. The van der Waals surface area contributed by atoms with Gasteiger partial charge in [-0.3, -0.25) is 9.59 Å². The molecule has 0 saturated carbocycles. The maximum absolute atomic E-state index is 13.7. The summed E-state index contributed by atoms with van der Waals surface area (Å²) < 4.78 is 0.762. The van der Waals surface area contributed by atoms with E-state index in [1.165, 1.54) is 0 Å². The van der Waals surface area contributed by atoms with Crippen LogP contribution >= 0.6 is 15.9 Å². The third-order valence-electron chi connectivity index (χ3n) is 6.22. The molecule has 3 aromatic carbocycles. The molecule has 2 aliphatic rings. The van der Waals surface area contributed by atoms with Gasteiger partial charge in [-0.2, -0.15) is 0 Å². The largest absolute Gasteiger partial charge is 0.375 e. The zero-order chi connectivity index (χ0) is 20.9. The van der Waals surface area contributed by atoms with Crippen LogP contribution in [0.5, 0.6) is 0 Å². The number of anilines is 1. The minimum absolute atomic E-state index is 0.166. The summed E-state index contributed by atoms with van der Waals surface area (Å²) in [5.41, 5.74) is 1.82. The first-order chi connectivity index (χ1) is 14.5. The molecule has 0 bridgehead atoms. The molecule has 0 saturated heterocycles. The maximum Gasteiger partial charge on any atom is 0.264 e. The van der Waals surface area contributed by atoms with Gasteiger partial charge in [-0.15, -0.1) is 0 Å². The number of ketones is 1. The quantitative estimate of drug-likeness (QED) is 0.618. The van der Waals surface area contributed by atoms with Crippen molar-refractivity contribution in [2.24, 2.45) is 5.92 Å². The van der Waals surface area contributed by atoms with Gasteiger partial charge in [0.15, 0.2) is 11.4 Å². The van der Waals surface area contributed by atoms with Crippen LogP contribution in [0.2, 0.25) is 0 Å². The number of aryl methyl sites for hydroxylation is 1. The topological polar surface area (TPSA) is 57.6 Å². The first kappa shape index (κ1) is 19.2. The number of amides is 1. The number of halogens is 1. The molecule has 1 N–H and O–H groups in total. The number of fused-ring (bicyclic) bond motifs is 2. The summed E-state index contributed by atoms with van der Waals surface area (Å²) in [6, 6.07) is 22.6. The van der Waals surface area contributed by atoms with Crippen LogP contribution in [0.25, 0.3) is 0 Å².